The Kier molecular flexibility index (Phi) is 11.8. The third-order valence-corrected chi connectivity index (χ3v) is 9.65. The molecule has 9 heteroatoms. The zero-order chi connectivity index (χ0) is 32.4. The van der Waals surface area contributed by atoms with Crippen LogP contribution in [-0.2, 0) is 39.0 Å². The highest BCUT2D eigenvalue weighted by molar-refractivity contribution is 7.92. The number of hydrogen-bond donors (Lipinski definition) is 1. The van der Waals surface area contributed by atoms with E-state index in [0.29, 0.717) is 22.8 Å². The monoisotopic (exact) mass is 645 g/mol. The van der Waals surface area contributed by atoms with Crippen molar-refractivity contribution in [3.05, 3.63) is 131 Å². The first kappa shape index (κ1) is 33.7. The maximum Gasteiger partial charge on any atom is 0.264 e. The SMILES string of the molecule is CCc1ccc(N(CC(=O)N(Cc2ccccc2Cl)[C@@H](Cc2ccccc2)C(=O)NCC(C)C)S(=O)(=O)c2ccccc2)cc1. The molecule has 0 aliphatic heterocycles. The summed E-state index contributed by atoms with van der Waals surface area (Å²) in [6, 6.07) is 30.8. The number of hydrogen-bond acceptors (Lipinski definition) is 4. The van der Waals surface area contributed by atoms with Crippen molar-refractivity contribution in [2.45, 2.75) is 51.1 Å². The molecule has 7 nitrogen and oxygen atoms in total. The Labute approximate surface area is 271 Å². The number of rotatable bonds is 14. The second kappa shape index (κ2) is 15.7. The normalized spacial score (nSPS) is 12.0. The van der Waals surface area contributed by atoms with E-state index in [1.54, 1.807) is 48.5 Å². The number of aryl methyl sites for hydroxylation is 1. The van der Waals surface area contributed by atoms with Gasteiger partial charge in [-0.05, 0) is 59.4 Å². The lowest BCUT2D eigenvalue weighted by Gasteiger charge is -2.34. The Balaban J connectivity index is 1.80. The molecular formula is C36H40ClN3O4S. The van der Waals surface area contributed by atoms with Crippen LogP contribution in [0.4, 0.5) is 5.69 Å². The number of anilines is 1. The first-order valence-corrected chi connectivity index (χ1v) is 16.9. The molecule has 45 heavy (non-hydrogen) atoms. The quantitative estimate of drug-likeness (QED) is 0.169. The van der Waals surface area contributed by atoms with E-state index >= 15 is 0 Å². The number of sulfonamides is 1. The molecule has 236 valence electrons. The number of nitrogens with zero attached hydrogens (tertiary/aromatic N) is 2. The molecule has 1 N–H and O–H groups in total. The fourth-order valence-electron chi connectivity index (χ4n) is 4.93. The maximum atomic E-state index is 14.5. The zero-order valence-corrected chi connectivity index (χ0v) is 27.5. The van der Waals surface area contributed by atoms with Gasteiger partial charge < -0.3 is 10.2 Å². The van der Waals surface area contributed by atoms with Gasteiger partial charge in [0.1, 0.15) is 12.6 Å². The maximum absolute atomic E-state index is 14.5. The second-order valence-electron chi connectivity index (χ2n) is 11.3. The van der Waals surface area contributed by atoms with E-state index in [2.05, 4.69) is 5.32 Å². The molecule has 0 radical (unpaired) electrons. The largest absolute Gasteiger partial charge is 0.354 e. The predicted octanol–water partition coefficient (Wildman–Crippen LogP) is 6.51. The third-order valence-electron chi connectivity index (χ3n) is 7.50. The summed E-state index contributed by atoms with van der Waals surface area (Å²) in [5, 5.41) is 3.44. The van der Waals surface area contributed by atoms with Gasteiger partial charge in [-0.1, -0.05) is 111 Å². The van der Waals surface area contributed by atoms with Crippen LogP contribution in [0.15, 0.2) is 114 Å². The molecule has 0 aliphatic rings. The smallest absolute Gasteiger partial charge is 0.264 e. The van der Waals surface area contributed by atoms with E-state index in [1.807, 2.05) is 69.3 Å². The molecule has 4 aromatic rings. The first-order chi connectivity index (χ1) is 21.6. The molecule has 0 bridgehead atoms. The highest BCUT2D eigenvalue weighted by Gasteiger charge is 2.35. The van der Waals surface area contributed by atoms with Crippen molar-refractivity contribution in [2.24, 2.45) is 5.92 Å². The number of benzene rings is 4. The lowest BCUT2D eigenvalue weighted by molar-refractivity contribution is -0.140. The summed E-state index contributed by atoms with van der Waals surface area (Å²) in [5.74, 6) is -0.663. The fraction of sp³-hybridized carbons (Fsp3) is 0.278. The number of amides is 2. The molecule has 0 saturated carbocycles. The fourth-order valence-corrected chi connectivity index (χ4v) is 6.56. The van der Waals surface area contributed by atoms with Crippen LogP contribution in [0.2, 0.25) is 5.02 Å². The number of carbonyl (C=O) groups is 2. The van der Waals surface area contributed by atoms with Crippen LogP contribution in [0.5, 0.6) is 0 Å². The lowest BCUT2D eigenvalue weighted by atomic mass is 10.0. The summed E-state index contributed by atoms with van der Waals surface area (Å²) in [7, 11) is -4.15. The highest BCUT2D eigenvalue weighted by atomic mass is 35.5. The van der Waals surface area contributed by atoms with Crippen LogP contribution in [0.25, 0.3) is 0 Å². The third kappa shape index (κ3) is 8.96. The topological polar surface area (TPSA) is 86.8 Å². The van der Waals surface area contributed by atoms with E-state index in [4.69, 9.17) is 11.6 Å². The summed E-state index contributed by atoms with van der Waals surface area (Å²) >= 11 is 6.56. The van der Waals surface area contributed by atoms with Crippen LogP contribution in [0.1, 0.15) is 37.5 Å². The van der Waals surface area contributed by atoms with E-state index in [1.165, 1.54) is 17.0 Å². The minimum Gasteiger partial charge on any atom is -0.354 e. The van der Waals surface area contributed by atoms with Gasteiger partial charge in [-0.25, -0.2) is 8.42 Å². The molecule has 4 rings (SSSR count). The van der Waals surface area contributed by atoms with Crippen molar-refractivity contribution < 1.29 is 18.0 Å². The molecule has 0 heterocycles. The molecular weight excluding hydrogens is 606 g/mol. The molecule has 0 unspecified atom stereocenters. The van der Waals surface area contributed by atoms with Gasteiger partial charge in [-0.2, -0.15) is 0 Å². The van der Waals surface area contributed by atoms with Gasteiger partial charge in [0.25, 0.3) is 10.0 Å². The Morgan fingerprint density at radius 1 is 0.800 bits per heavy atom. The Bertz CT molecular complexity index is 1660. The summed E-state index contributed by atoms with van der Waals surface area (Å²) in [5.41, 5.74) is 2.90. The number of nitrogens with one attached hydrogen (secondary N) is 1. The second-order valence-corrected chi connectivity index (χ2v) is 13.6. The minimum absolute atomic E-state index is 0.0130. The Morgan fingerprint density at radius 2 is 1.40 bits per heavy atom. The van der Waals surface area contributed by atoms with E-state index in [9.17, 15) is 18.0 Å². The molecule has 0 fully saturated rings. The van der Waals surface area contributed by atoms with Crippen LogP contribution < -0.4 is 9.62 Å². The Morgan fingerprint density at radius 3 is 2.00 bits per heavy atom. The van der Waals surface area contributed by atoms with Gasteiger partial charge >= 0.3 is 0 Å². The van der Waals surface area contributed by atoms with E-state index < -0.39 is 28.5 Å². The van der Waals surface area contributed by atoms with E-state index in [-0.39, 0.29) is 29.7 Å². The van der Waals surface area contributed by atoms with Crippen LogP contribution >= 0.6 is 11.6 Å². The summed E-state index contributed by atoms with van der Waals surface area (Å²) in [6.07, 6.45) is 1.01. The molecule has 2 amide bonds. The average Bonchev–Trinajstić information content (AvgIpc) is 3.05. The molecule has 0 aliphatic carbocycles. The molecule has 0 saturated heterocycles. The minimum atomic E-state index is -4.15. The van der Waals surface area contributed by atoms with Gasteiger partial charge in [-0.15, -0.1) is 0 Å². The molecule has 0 spiro atoms. The van der Waals surface area contributed by atoms with E-state index in [0.717, 1.165) is 21.9 Å². The van der Waals surface area contributed by atoms with Crippen molar-refractivity contribution in [3.63, 3.8) is 0 Å². The molecule has 0 aromatic heterocycles. The summed E-state index contributed by atoms with van der Waals surface area (Å²) < 4.78 is 29.3. The highest BCUT2D eigenvalue weighted by Crippen LogP contribution is 2.26. The van der Waals surface area contributed by atoms with Crippen LogP contribution in [0.3, 0.4) is 0 Å². The average molecular weight is 646 g/mol. The summed E-state index contributed by atoms with van der Waals surface area (Å²) in [4.78, 5) is 29.9. The van der Waals surface area contributed by atoms with Gasteiger partial charge in [0.05, 0.1) is 10.6 Å². The predicted molar refractivity (Wildman–Crippen MR) is 181 cm³/mol. The standard InChI is InChI=1S/C36H40ClN3O4S/c1-4-28-19-21-31(22-20-28)40(45(43,44)32-16-9-6-10-17-32)26-35(41)39(25-30-15-11-12-18-33(30)37)34(36(42)38-24-27(2)3)23-29-13-7-5-8-14-29/h5-22,27,34H,4,23-26H2,1-3H3,(H,38,42)/t34-/m0/s1. The first-order valence-electron chi connectivity index (χ1n) is 15.1. The van der Waals surface area contributed by atoms with Crippen LogP contribution in [0, 0.1) is 5.92 Å². The lowest BCUT2D eigenvalue weighted by Crippen LogP contribution is -2.53. The molecule has 4 aromatic carbocycles. The molecule has 1 atom stereocenters. The number of halogens is 1. The van der Waals surface area contributed by atoms with Crippen molar-refractivity contribution >= 4 is 39.1 Å². The van der Waals surface area contributed by atoms with Crippen molar-refractivity contribution in [1.29, 1.82) is 0 Å². The number of carbonyl (C=O) groups excluding carboxylic acids is 2. The summed E-state index contributed by atoms with van der Waals surface area (Å²) in [6.45, 7) is 5.93. The Hall–Kier alpha value is -4.14. The van der Waals surface area contributed by atoms with Crippen molar-refractivity contribution in [1.82, 2.24) is 10.2 Å². The zero-order valence-electron chi connectivity index (χ0n) is 25.9. The van der Waals surface area contributed by atoms with Crippen molar-refractivity contribution in [2.75, 3.05) is 17.4 Å². The van der Waals surface area contributed by atoms with Crippen LogP contribution in [-0.4, -0.2) is 44.3 Å². The van der Waals surface area contributed by atoms with Gasteiger partial charge in [0.15, 0.2) is 0 Å². The van der Waals surface area contributed by atoms with Gasteiger partial charge in [0, 0.05) is 24.5 Å². The van der Waals surface area contributed by atoms with Crippen molar-refractivity contribution in [3.8, 4) is 0 Å². The van der Waals surface area contributed by atoms with Gasteiger partial charge in [-0.3, -0.25) is 13.9 Å². The van der Waals surface area contributed by atoms with Gasteiger partial charge in [0.2, 0.25) is 11.8 Å².